The summed E-state index contributed by atoms with van der Waals surface area (Å²) in [7, 11) is 3.66. The maximum absolute atomic E-state index is 6.12. The van der Waals surface area contributed by atoms with Crippen molar-refractivity contribution >= 4 is 11.6 Å². The van der Waals surface area contributed by atoms with Crippen LogP contribution in [0.4, 0.5) is 0 Å². The van der Waals surface area contributed by atoms with Gasteiger partial charge in [-0.1, -0.05) is 17.7 Å². The van der Waals surface area contributed by atoms with Gasteiger partial charge in [0.1, 0.15) is 5.75 Å². The molecule has 1 N–H and O–H groups in total. The number of hydrogen-bond acceptors (Lipinski definition) is 2. The summed E-state index contributed by atoms with van der Waals surface area (Å²) in [5.41, 5.74) is 1.78. The molecule has 1 aliphatic rings. The lowest BCUT2D eigenvalue weighted by Gasteiger charge is -2.15. The Morgan fingerprint density at radius 2 is 2.19 bits per heavy atom. The van der Waals surface area contributed by atoms with Gasteiger partial charge in [-0.25, -0.2) is 0 Å². The fraction of sp³-hybridized carbons (Fsp3) is 0.538. The highest BCUT2D eigenvalue weighted by molar-refractivity contribution is 6.32. The topological polar surface area (TPSA) is 21.3 Å². The molecule has 0 aliphatic heterocycles. The molecule has 16 heavy (non-hydrogen) atoms. The fourth-order valence-corrected chi connectivity index (χ4v) is 2.50. The van der Waals surface area contributed by atoms with Crippen LogP contribution in [0.25, 0.3) is 0 Å². The van der Waals surface area contributed by atoms with Gasteiger partial charge >= 0.3 is 0 Å². The van der Waals surface area contributed by atoms with E-state index in [9.17, 15) is 0 Å². The predicted molar refractivity (Wildman–Crippen MR) is 67.3 cm³/mol. The maximum Gasteiger partial charge on any atom is 0.137 e. The van der Waals surface area contributed by atoms with Gasteiger partial charge in [-0.2, -0.15) is 0 Å². The third kappa shape index (κ3) is 2.50. The van der Waals surface area contributed by atoms with Crippen molar-refractivity contribution < 1.29 is 4.74 Å². The van der Waals surface area contributed by atoms with Crippen molar-refractivity contribution in [1.82, 2.24) is 5.32 Å². The average molecular weight is 240 g/mol. The number of methoxy groups -OCH3 is 1. The Morgan fingerprint density at radius 1 is 1.44 bits per heavy atom. The van der Waals surface area contributed by atoms with E-state index in [1.165, 1.54) is 18.4 Å². The Labute approximate surface area is 102 Å². The van der Waals surface area contributed by atoms with Gasteiger partial charge in [0.25, 0.3) is 0 Å². The molecule has 3 heteroatoms. The van der Waals surface area contributed by atoms with Gasteiger partial charge < -0.3 is 10.1 Å². The van der Waals surface area contributed by atoms with Crippen LogP contribution in [0.15, 0.2) is 18.2 Å². The first kappa shape index (κ1) is 11.7. The van der Waals surface area contributed by atoms with Crippen LogP contribution in [0, 0.1) is 5.41 Å². The average Bonchev–Trinajstić information content (AvgIpc) is 2.99. The van der Waals surface area contributed by atoms with E-state index in [1.54, 1.807) is 7.11 Å². The molecule has 2 rings (SSSR count). The van der Waals surface area contributed by atoms with Crippen LogP contribution in [0.1, 0.15) is 18.4 Å². The van der Waals surface area contributed by atoms with Gasteiger partial charge in [0.15, 0.2) is 0 Å². The molecule has 0 saturated heterocycles. The smallest absolute Gasteiger partial charge is 0.137 e. The van der Waals surface area contributed by atoms with Crippen LogP contribution in [0.5, 0.6) is 5.75 Å². The zero-order valence-electron chi connectivity index (χ0n) is 9.85. The Kier molecular flexibility index (Phi) is 3.41. The summed E-state index contributed by atoms with van der Waals surface area (Å²) in [4.78, 5) is 0. The maximum atomic E-state index is 6.12. The largest absolute Gasteiger partial charge is 0.495 e. The number of halogens is 1. The lowest BCUT2D eigenvalue weighted by molar-refractivity contribution is 0.414. The van der Waals surface area contributed by atoms with E-state index < -0.39 is 0 Å². The number of nitrogens with one attached hydrogen (secondary N) is 1. The van der Waals surface area contributed by atoms with Crippen LogP contribution in [-0.4, -0.2) is 20.7 Å². The van der Waals surface area contributed by atoms with E-state index >= 15 is 0 Å². The zero-order valence-corrected chi connectivity index (χ0v) is 10.6. The lowest BCUT2D eigenvalue weighted by atomic mass is 9.96. The predicted octanol–water partition coefficient (Wildman–Crippen LogP) is 2.89. The molecule has 2 nitrogen and oxygen atoms in total. The number of benzene rings is 1. The van der Waals surface area contributed by atoms with E-state index in [2.05, 4.69) is 11.4 Å². The first-order valence-electron chi connectivity index (χ1n) is 5.66. The summed E-state index contributed by atoms with van der Waals surface area (Å²) in [6.45, 7) is 1.09. The van der Waals surface area contributed by atoms with E-state index in [4.69, 9.17) is 16.3 Å². The van der Waals surface area contributed by atoms with Crippen LogP contribution in [0.3, 0.4) is 0 Å². The van der Waals surface area contributed by atoms with Crippen molar-refractivity contribution in [3.63, 3.8) is 0 Å². The highest BCUT2D eigenvalue weighted by Crippen LogP contribution is 2.48. The molecule has 1 aliphatic carbocycles. The summed E-state index contributed by atoms with van der Waals surface area (Å²) >= 11 is 6.12. The molecule has 0 spiro atoms. The van der Waals surface area contributed by atoms with Crippen molar-refractivity contribution in [2.45, 2.75) is 19.3 Å². The summed E-state index contributed by atoms with van der Waals surface area (Å²) in [5, 5.41) is 3.98. The molecule has 1 aromatic carbocycles. The molecule has 0 unspecified atom stereocenters. The monoisotopic (exact) mass is 239 g/mol. The lowest BCUT2D eigenvalue weighted by Crippen LogP contribution is -2.21. The van der Waals surface area contributed by atoms with Crippen molar-refractivity contribution in [3.8, 4) is 5.75 Å². The highest BCUT2D eigenvalue weighted by Gasteiger charge is 2.41. The second kappa shape index (κ2) is 4.64. The molecule has 0 aromatic heterocycles. The van der Waals surface area contributed by atoms with Crippen molar-refractivity contribution in [2.24, 2.45) is 5.41 Å². The molecule has 0 atom stereocenters. The van der Waals surface area contributed by atoms with Crippen LogP contribution in [-0.2, 0) is 6.42 Å². The van der Waals surface area contributed by atoms with Gasteiger partial charge in [0, 0.05) is 6.54 Å². The second-order valence-electron chi connectivity index (χ2n) is 4.68. The van der Waals surface area contributed by atoms with E-state index in [0.29, 0.717) is 10.4 Å². The molecular weight excluding hydrogens is 222 g/mol. The number of ether oxygens (including phenoxy) is 1. The Morgan fingerprint density at radius 3 is 2.69 bits per heavy atom. The SMILES string of the molecule is CNCC1(Cc2ccc(OC)c(Cl)c2)CC1. The van der Waals surface area contributed by atoms with E-state index in [1.807, 2.05) is 19.2 Å². The zero-order chi connectivity index (χ0) is 11.6. The first-order valence-corrected chi connectivity index (χ1v) is 6.04. The normalized spacial score (nSPS) is 17.2. The van der Waals surface area contributed by atoms with Gasteiger partial charge in [0.05, 0.1) is 12.1 Å². The van der Waals surface area contributed by atoms with Crippen molar-refractivity contribution in [1.29, 1.82) is 0 Å². The summed E-state index contributed by atoms with van der Waals surface area (Å²) in [6, 6.07) is 6.09. The van der Waals surface area contributed by atoms with Gasteiger partial charge in [-0.05, 0) is 49.4 Å². The summed E-state index contributed by atoms with van der Waals surface area (Å²) in [5.74, 6) is 0.754. The molecule has 0 heterocycles. The molecule has 0 bridgehead atoms. The summed E-state index contributed by atoms with van der Waals surface area (Å²) < 4.78 is 5.15. The van der Waals surface area contributed by atoms with Crippen LogP contribution >= 0.6 is 11.6 Å². The van der Waals surface area contributed by atoms with Gasteiger partial charge in [0.2, 0.25) is 0 Å². The Balaban J connectivity index is 2.08. The number of hydrogen-bond donors (Lipinski definition) is 1. The second-order valence-corrected chi connectivity index (χ2v) is 5.08. The Hall–Kier alpha value is -0.730. The van der Waals surface area contributed by atoms with E-state index in [0.717, 1.165) is 18.7 Å². The molecule has 0 amide bonds. The van der Waals surface area contributed by atoms with Gasteiger partial charge in [-0.15, -0.1) is 0 Å². The van der Waals surface area contributed by atoms with Gasteiger partial charge in [-0.3, -0.25) is 0 Å². The van der Waals surface area contributed by atoms with Crippen molar-refractivity contribution in [3.05, 3.63) is 28.8 Å². The summed E-state index contributed by atoms with van der Waals surface area (Å²) in [6.07, 6.45) is 3.74. The molecule has 1 aromatic rings. The minimum Gasteiger partial charge on any atom is -0.495 e. The number of rotatable bonds is 5. The quantitative estimate of drug-likeness (QED) is 0.853. The third-order valence-corrected chi connectivity index (χ3v) is 3.60. The minimum absolute atomic E-state index is 0.479. The van der Waals surface area contributed by atoms with Crippen LogP contribution < -0.4 is 10.1 Å². The first-order chi connectivity index (χ1) is 7.69. The fourth-order valence-electron chi connectivity index (χ4n) is 2.22. The molecular formula is C13H18ClNO. The third-order valence-electron chi connectivity index (χ3n) is 3.30. The van der Waals surface area contributed by atoms with E-state index in [-0.39, 0.29) is 0 Å². The molecule has 1 fully saturated rings. The van der Waals surface area contributed by atoms with Crippen LogP contribution in [0.2, 0.25) is 5.02 Å². The molecule has 1 saturated carbocycles. The van der Waals surface area contributed by atoms with Crippen molar-refractivity contribution in [2.75, 3.05) is 20.7 Å². The standard InChI is InChI=1S/C13H18ClNO/c1-15-9-13(5-6-13)8-10-3-4-12(16-2)11(14)7-10/h3-4,7,15H,5-6,8-9H2,1-2H3. The highest BCUT2D eigenvalue weighted by atomic mass is 35.5. The Bertz CT molecular complexity index is 374. The molecule has 88 valence electrons. The minimum atomic E-state index is 0.479. The molecule has 0 radical (unpaired) electrons.